The second-order valence-corrected chi connectivity index (χ2v) is 8.99. The summed E-state index contributed by atoms with van der Waals surface area (Å²) in [5, 5.41) is 0. The van der Waals surface area contributed by atoms with Crippen LogP contribution in [0.3, 0.4) is 0 Å². The Morgan fingerprint density at radius 2 is 1.86 bits per heavy atom. The van der Waals surface area contributed by atoms with Gasteiger partial charge >= 0.3 is 6.09 Å². The first-order valence-corrected chi connectivity index (χ1v) is 9.38. The van der Waals surface area contributed by atoms with Gasteiger partial charge in [0.2, 0.25) is 0 Å². The van der Waals surface area contributed by atoms with Gasteiger partial charge in [0, 0.05) is 31.0 Å². The van der Waals surface area contributed by atoms with Crippen LogP contribution in [-0.4, -0.2) is 22.8 Å². The molecule has 0 radical (unpaired) electrons. The van der Waals surface area contributed by atoms with E-state index in [9.17, 15) is 14.0 Å². The van der Waals surface area contributed by atoms with Crippen LogP contribution in [0.5, 0.6) is 0 Å². The van der Waals surface area contributed by atoms with Crippen LogP contribution in [0.4, 0.5) is 14.9 Å². The Hall–Kier alpha value is -2.63. The molecule has 5 nitrogen and oxygen atoms in total. The summed E-state index contributed by atoms with van der Waals surface area (Å²) >= 11 is 0. The van der Waals surface area contributed by atoms with Gasteiger partial charge in [0.1, 0.15) is 11.4 Å². The van der Waals surface area contributed by atoms with Gasteiger partial charge < -0.3 is 9.30 Å². The molecule has 3 rings (SSSR count). The normalized spacial score (nSPS) is 15.5. The van der Waals surface area contributed by atoms with Gasteiger partial charge in [-0.1, -0.05) is 32.0 Å². The number of carbonyl (C=O) groups excluding carboxylic acids is 1. The van der Waals surface area contributed by atoms with Gasteiger partial charge in [-0.25, -0.2) is 9.18 Å². The lowest BCUT2D eigenvalue weighted by atomic mass is 9.90. The third-order valence-electron chi connectivity index (χ3n) is 4.91. The quantitative estimate of drug-likeness (QED) is 0.779. The number of ether oxygens (including phenoxy) is 1. The maximum Gasteiger partial charge on any atom is 0.414 e. The van der Waals surface area contributed by atoms with E-state index in [1.54, 1.807) is 40.8 Å². The fraction of sp³-hybridized carbons (Fsp3) is 0.455. The predicted octanol–water partition coefficient (Wildman–Crippen LogP) is 4.15. The molecule has 150 valence electrons. The molecule has 0 bridgehead atoms. The molecule has 0 atom stereocenters. The number of amides is 1. The first-order valence-electron chi connectivity index (χ1n) is 9.38. The molecule has 0 saturated carbocycles. The zero-order chi connectivity index (χ0) is 20.9. The van der Waals surface area contributed by atoms with Crippen molar-refractivity contribution in [3.8, 4) is 0 Å². The van der Waals surface area contributed by atoms with Crippen molar-refractivity contribution in [1.82, 2.24) is 4.57 Å². The standard InChI is InChI=1S/C22H27FN2O3/c1-21(2,3)28-20(27)25-13-22(4,5)18-17(25)12-15(19(26)24(18)6)11-14-9-7-8-10-16(14)23/h7-10,12H,11,13H2,1-6H3. The molecular formula is C22H27FN2O3. The van der Waals surface area contributed by atoms with E-state index in [0.29, 0.717) is 23.4 Å². The van der Waals surface area contributed by atoms with Crippen molar-refractivity contribution >= 4 is 11.8 Å². The highest BCUT2D eigenvalue weighted by Gasteiger charge is 2.42. The summed E-state index contributed by atoms with van der Waals surface area (Å²) in [7, 11) is 1.70. The molecule has 1 aromatic heterocycles. The van der Waals surface area contributed by atoms with Gasteiger partial charge in [-0.2, -0.15) is 0 Å². The molecule has 0 N–H and O–H groups in total. The molecule has 1 aliphatic heterocycles. The summed E-state index contributed by atoms with van der Waals surface area (Å²) in [6.07, 6.45) is -0.287. The molecule has 6 heteroatoms. The number of nitrogens with zero attached hydrogens (tertiary/aromatic N) is 2. The highest BCUT2D eigenvalue weighted by Crippen LogP contribution is 2.40. The number of hydrogen-bond donors (Lipinski definition) is 0. The lowest BCUT2D eigenvalue weighted by molar-refractivity contribution is 0.0579. The molecule has 0 unspecified atom stereocenters. The number of halogens is 1. The molecule has 0 spiro atoms. The molecule has 1 aliphatic rings. The summed E-state index contributed by atoms with van der Waals surface area (Å²) < 4.78 is 21.2. The average Bonchev–Trinajstić information content (AvgIpc) is 2.84. The second-order valence-electron chi connectivity index (χ2n) is 8.99. The number of carbonyl (C=O) groups is 1. The summed E-state index contributed by atoms with van der Waals surface area (Å²) in [4.78, 5) is 27.3. The van der Waals surface area contributed by atoms with Gasteiger partial charge in [0.25, 0.3) is 5.56 Å². The Morgan fingerprint density at radius 3 is 2.46 bits per heavy atom. The number of anilines is 1. The minimum atomic E-state index is -0.624. The lowest BCUT2D eigenvalue weighted by Crippen LogP contribution is -2.38. The average molecular weight is 386 g/mol. The van der Waals surface area contributed by atoms with Crippen molar-refractivity contribution < 1.29 is 13.9 Å². The minimum Gasteiger partial charge on any atom is -0.443 e. The number of pyridine rings is 1. The summed E-state index contributed by atoms with van der Waals surface area (Å²) in [5.41, 5.74) is 1.10. The minimum absolute atomic E-state index is 0.162. The molecule has 0 saturated heterocycles. The number of fused-ring (bicyclic) bond motifs is 1. The van der Waals surface area contributed by atoms with Crippen LogP contribution in [-0.2, 0) is 23.6 Å². The van der Waals surface area contributed by atoms with Crippen LogP contribution < -0.4 is 10.5 Å². The van der Waals surface area contributed by atoms with Crippen LogP contribution in [0.2, 0.25) is 0 Å². The summed E-state index contributed by atoms with van der Waals surface area (Å²) in [6, 6.07) is 8.11. The van der Waals surface area contributed by atoms with Crippen molar-refractivity contribution in [1.29, 1.82) is 0 Å². The van der Waals surface area contributed by atoms with Gasteiger partial charge in [-0.05, 0) is 38.5 Å². The smallest absolute Gasteiger partial charge is 0.414 e. The van der Waals surface area contributed by atoms with Crippen LogP contribution >= 0.6 is 0 Å². The van der Waals surface area contributed by atoms with E-state index in [4.69, 9.17) is 4.74 Å². The van der Waals surface area contributed by atoms with Gasteiger partial charge in [-0.3, -0.25) is 9.69 Å². The van der Waals surface area contributed by atoms with Crippen LogP contribution in [0, 0.1) is 5.82 Å². The van der Waals surface area contributed by atoms with Crippen LogP contribution in [0.25, 0.3) is 0 Å². The van der Waals surface area contributed by atoms with E-state index >= 15 is 0 Å². The summed E-state index contributed by atoms with van der Waals surface area (Å²) in [6.45, 7) is 9.85. The van der Waals surface area contributed by atoms with Gasteiger partial charge in [-0.15, -0.1) is 0 Å². The first kappa shape index (κ1) is 20.1. The monoisotopic (exact) mass is 386 g/mol. The first-order chi connectivity index (χ1) is 12.9. The van der Waals surface area contributed by atoms with Crippen molar-refractivity contribution in [2.75, 3.05) is 11.4 Å². The number of aromatic nitrogens is 1. The molecule has 2 aromatic rings. The molecule has 28 heavy (non-hydrogen) atoms. The number of hydrogen-bond acceptors (Lipinski definition) is 3. The highest BCUT2D eigenvalue weighted by molar-refractivity contribution is 5.91. The zero-order valence-corrected chi connectivity index (χ0v) is 17.3. The zero-order valence-electron chi connectivity index (χ0n) is 17.3. The molecular weight excluding hydrogens is 359 g/mol. The predicted molar refractivity (Wildman–Crippen MR) is 107 cm³/mol. The molecule has 2 heterocycles. The largest absolute Gasteiger partial charge is 0.443 e. The van der Waals surface area contributed by atoms with E-state index in [2.05, 4.69) is 0 Å². The maximum absolute atomic E-state index is 14.1. The van der Waals surface area contributed by atoms with E-state index in [1.807, 2.05) is 34.6 Å². The third kappa shape index (κ3) is 3.68. The molecule has 1 aromatic carbocycles. The molecule has 0 aliphatic carbocycles. The SMILES string of the molecule is Cn1c2c(cc(Cc3ccccc3F)c1=O)N(C(=O)OC(C)(C)C)CC2(C)C. The fourth-order valence-electron chi connectivity index (χ4n) is 3.80. The van der Waals surface area contributed by atoms with Crippen molar-refractivity contribution in [3.05, 3.63) is 63.3 Å². The Labute approximate surface area is 164 Å². The van der Waals surface area contributed by atoms with Crippen molar-refractivity contribution in [2.45, 2.75) is 52.1 Å². The number of rotatable bonds is 2. The number of benzene rings is 1. The fourth-order valence-corrected chi connectivity index (χ4v) is 3.80. The van der Waals surface area contributed by atoms with Gasteiger partial charge in [0.05, 0.1) is 11.4 Å². The van der Waals surface area contributed by atoms with Crippen LogP contribution in [0.15, 0.2) is 35.1 Å². The van der Waals surface area contributed by atoms with E-state index < -0.39 is 17.1 Å². The van der Waals surface area contributed by atoms with Gasteiger partial charge in [0.15, 0.2) is 0 Å². The Balaban J connectivity index is 2.09. The van der Waals surface area contributed by atoms with E-state index in [1.165, 1.54) is 6.07 Å². The Bertz CT molecular complexity index is 986. The maximum atomic E-state index is 14.1. The Kier molecular flexibility index (Phi) is 4.86. The lowest BCUT2D eigenvalue weighted by Gasteiger charge is -2.25. The molecule has 0 fully saturated rings. The topological polar surface area (TPSA) is 51.5 Å². The van der Waals surface area contributed by atoms with E-state index in [0.717, 1.165) is 5.69 Å². The van der Waals surface area contributed by atoms with Crippen molar-refractivity contribution in [3.63, 3.8) is 0 Å². The third-order valence-corrected chi connectivity index (χ3v) is 4.91. The summed E-state index contributed by atoms with van der Waals surface area (Å²) in [5.74, 6) is -0.352. The van der Waals surface area contributed by atoms with Crippen LogP contribution in [0.1, 0.15) is 51.4 Å². The highest BCUT2D eigenvalue weighted by atomic mass is 19.1. The van der Waals surface area contributed by atoms with E-state index in [-0.39, 0.29) is 17.8 Å². The Morgan fingerprint density at radius 1 is 1.21 bits per heavy atom. The van der Waals surface area contributed by atoms with Crippen molar-refractivity contribution in [2.24, 2.45) is 7.05 Å². The second kappa shape index (κ2) is 6.76. The molecule has 1 amide bonds.